The zero-order chi connectivity index (χ0) is 14.7. The molecule has 0 unspecified atom stereocenters. The summed E-state index contributed by atoms with van der Waals surface area (Å²) in [6.07, 6.45) is 0. The summed E-state index contributed by atoms with van der Waals surface area (Å²) in [5.41, 5.74) is 8.74. The van der Waals surface area contributed by atoms with Crippen LogP contribution in [0.5, 0.6) is 5.88 Å². The zero-order valence-corrected chi connectivity index (χ0v) is 12.2. The van der Waals surface area contributed by atoms with Gasteiger partial charge < -0.3 is 10.5 Å². The molecule has 21 heavy (non-hydrogen) atoms. The maximum atomic E-state index is 5.96. The second-order valence-electron chi connectivity index (χ2n) is 4.76. The molecule has 0 saturated carbocycles. The minimum atomic E-state index is 0.426. The maximum Gasteiger partial charge on any atom is 0.214 e. The molecule has 0 radical (unpaired) electrons. The summed E-state index contributed by atoms with van der Waals surface area (Å²) in [7, 11) is 0. The molecule has 0 saturated heterocycles. The number of benzene rings is 2. The van der Waals surface area contributed by atoms with Crippen molar-refractivity contribution < 1.29 is 4.74 Å². The lowest BCUT2D eigenvalue weighted by Gasteiger charge is -2.10. The Morgan fingerprint density at radius 3 is 2.71 bits per heavy atom. The lowest BCUT2D eigenvalue weighted by atomic mass is 10.1. The standard InChI is InChI=1S/C17H15ClN2O/c18-14-5-3-4-12(8-14)11-21-17-9-13(10-19)15-6-1-2-7-16(15)20-17/h1-9H,10-11,19H2. The number of halogens is 1. The number of para-hydroxylation sites is 1. The number of ether oxygens (including phenoxy) is 1. The predicted molar refractivity (Wildman–Crippen MR) is 85.4 cm³/mol. The Hall–Kier alpha value is -2.10. The van der Waals surface area contributed by atoms with Crippen molar-refractivity contribution in [2.24, 2.45) is 5.73 Å². The topological polar surface area (TPSA) is 48.1 Å². The number of hydrogen-bond acceptors (Lipinski definition) is 3. The van der Waals surface area contributed by atoms with Crippen LogP contribution in [0.25, 0.3) is 10.9 Å². The molecule has 0 aliphatic rings. The number of pyridine rings is 1. The van der Waals surface area contributed by atoms with Crippen molar-refractivity contribution in [1.29, 1.82) is 0 Å². The minimum absolute atomic E-state index is 0.426. The van der Waals surface area contributed by atoms with Crippen LogP contribution in [0.15, 0.2) is 54.6 Å². The first kappa shape index (κ1) is 13.9. The third-order valence-corrected chi connectivity index (χ3v) is 3.51. The highest BCUT2D eigenvalue weighted by Gasteiger charge is 2.05. The molecule has 0 bridgehead atoms. The molecule has 0 atom stereocenters. The van der Waals surface area contributed by atoms with E-state index in [1.807, 2.05) is 54.6 Å². The first-order chi connectivity index (χ1) is 10.3. The van der Waals surface area contributed by atoms with Crippen molar-refractivity contribution in [2.45, 2.75) is 13.2 Å². The number of hydrogen-bond donors (Lipinski definition) is 1. The number of rotatable bonds is 4. The van der Waals surface area contributed by atoms with Crippen LogP contribution in [0.3, 0.4) is 0 Å². The second-order valence-corrected chi connectivity index (χ2v) is 5.20. The highest BCUT2D eigenvalue weighted by molar-refractivity contribution is 6.30. The first-order valence-corrected chi connectivity index (χ1v) is 7.10. The van der Waals surface area contributed by atoms with Gasteiger partial charge in [0, 0.05) is 23.0 Å². The third-order valence-electron chi connectivity index (χ3n) is 3.27. The largest absolute Gasteiger partial charge is 0.473 e. The Morgan fingerprint density at radius 2 is 1.90 bits per heavy atom. The van der Waals surface area contributed by atoms with Crippen LogP contribution in [0.2, 0.25) is 5.02 Å². The number of nitrogens with two attached hydrogens (primary N) is 1. The molecule has 0 aliphatic carbocycles. The first-order valence-electron chi connectivity index (χ1n) is 6.72. The van der Waals surface area contributed by atoms with Gasteiger partial charge >= 0.3 is 0 Å². The summed E-state index contributed by atoms with van der Waals surface area (Å²) in [5.74, 6) is 0.578. The van der Waals surface area contributed by atoms with Gasteiger partial charge in [-0.15, -0.1) is 0 Å². The normalized spacial score (nSPS) is 10.8. The zero-order valence-electron chi connectivity index (χ0n) is 11.4. The van der Waals surface area contributed by atoms with Gasteiger partial charge in [-0.25, -0.2) is 4.98 Å². The highest BCUT2D eigenvalue weighted by atomic mass is 35.5. The SMILES string of the molecule is NCc1cc(OCc2cccc(Cl)c2)nc2ccccc12. The van der Waals surface area contributed by atoms with Crippen LogP contribution in [0, 0.1) is 0 Å². The van der Waals surface area contributed by atoms with Gasteiger partial charge in [-0.05, 0) is 29.3 Å². The van der Waals surface area contributed by atoms with Gasteiger partial charge in [0.1, 0.15) is 6.61 Å². The molecular weight excluding hydrogens is 284 g/mol. The van der Waals surface area contributed by atoms with Gasteiger partial charge in [0.05, 0.1) is 5.52 Å². The Bertz CT molecular complexity index is 774. The van der Waals surface area contributed by atoms with Crippen LogP contribution in [-0.2, 0) is 13.2 Å². The van der Waals surface area contributed by atoms with E-state index in [2.05, 4.69) is 4.98 Å². The molecule has 0 fully saturated rings. The number of nitrogens with zero attached hydrogens (tertiary/aromatic N) is 1. The molecule has 0 aliphatic heterocycles. The molecule has 1 heterocycles. The monoisotopic (exact) mass is 298 g/mol. The van der Waals surface area contributed by atoms with E-state index in [0.29, 0.717) is 24.1 Å². The van der Waals surface area contributed by atoms with E-state index in [9.17, 15) is 0 Å². The van der Waals surface area contributed by atoms with Crippen molar-refractivity contribution in [3.8, 4) is 5.88 Å². The number of aromatic nitrogens is 1. The molecule has 0 spiro atoms. The third kappa shape index (κ3) is 3.15. The Balaban J connectivity index is 1.87. The smallest absolute Gasteiger partial charge is 0.214 e. The summed E-state index contributed by atoms with van der Waals surface area (Å²) in [6.45, 7) is 0.881. The van der Waals surface area contributed by atoms with Crippen LogP contribution < -0.4 is 10.5 Å². The molecule has 4 heteroatoms. The molecule has 106 valence electrons. The average molecular weight is 299 g/mol. The lowest BCUT2D eigenvalue weighted by molar-refractivity contribution is 0.295. The average Bonchev–Trinajstić information content (AvgIpc) is 2.52. The Labute approximate surface area is 128 Å². The van der Waals surface area contributed by atoms with Crippen molar-refractivity contribution in [3.63, 3.8) is 0 Å². The summed E-state index contributed by atoms with van der Waals surface area (Å²) in [5, 5.41) is 1.76. The van der Waals surface area contributed by atoms with Crippen molar-refractivity contribution in [1.82, 2.24) is 4.98 Å². The molecule has 1 aromatic heterocycles. The van der Waals surface area contributed by atoms with Crippen LogP contribution in [0.1, 0.15) is 11.1 Å². The van der Waals surface area contributed by atoms with Gasteiger partial charge in [-0.3, -0.25) is 0 Å². The van der Waals surface area contributed by atoms with Crippen LogP contribution in [0.4, 0.5) is 0 Å². The molecule has 3 aromatic rings. The van der Waals surface area contributed by atoms with Crippen LogP contribution in [-0.4, -0.2) is 4.98 Å². The lowest BCUT2D eigenvalue weighted by Crippen LogP contribution is -2.02. The molecule has 3 rings (SSSR count). The molecule has 0 amide bonds. The van der Waals surface area contributed by atoms with E-state index in [0.717, 1.165) is 22.0 Å². The summed E-state index contributed by atoms with van der Waals surface area (Å²) in [6, 6.07) is 17.4. The van der Waals surface area contributed by atoms with Gasteiger partial charge in [0.2, 0.25) is 5.88 Å². The summed E-state index contributed by atoms with van der Waals surface area (Å²) >= 11 is 5.96. The highest BCUT2D eigenvalue weighted by Crippen LogP contribution is 2.22. The van der Waals surface area contributed by atoms with Crippen molar-refractivity contribution >= 4 is 22.5 Å². The van der Waals surface area contributed by atoms with E-state index < -0.39 is 0 Å². The molecule has 2 N–H and O–H groups in total. The van der Waals surface area contributed by atoms with Crippen molar-refractivity contribution in [3.05, 3.63) is 70.7 Å². The van der Waals surface area contributed by atoms with E-state index in [4.69, 9.17) is 22.1 Å². The van der Waals surface area contributed by atoms with E-state index in [-0.39, 0.29) is 0 Å². The van der Waals surface area contributed by atoms with E-state index in [1.54, 1.807) is 0 Å². The van der Waals surface area contributed by atoms with E-state index in [1.165, 1.54) is 0 Å². The minimum Gasteiger partial charge on any atom is -0.473 e. The Kier molecular flexibility index (Phi) is 4.04. The van der Waals surface area contributed by atoms with Gasteiger partial charge in [-0.2, -0.15) is 0 Å². The van der Waals surface area contributed by atoms with E-state index >= 15 is 0 Å². The molecular formula is C17H15ClN2O. The molecule has 2 aromatic carbocycles. The molecule has 3 nitrogen and oxygen atoms in total. The van der Waals surface area contributed by atoms with Gasteiger partial charge in [0.15, 0.2) is 0 Å². The number of fused-ring (bicyclic) bond motifs is 1. The fraction of sp³-hybridized carbons (Fsp3) is 0.118. The van der Waals surface area contributed by atoms with Crippen LogP contribution >= 0.6 is 11.6 Å². The predicted octanol–water partition coefficient (Wildman–Crippen LogP) is 3.93. The quantitative estimate of drug-likeness (QED) is 0.794. The maximum absolute atomic E-state index is 5.96. The second kappa shape index (κ2) is 6.12. The fourth-order valence-electron chi connectivity index (χ4n) is 2.25. The Morgan fingerprint density at radius 1 is 1.05 bits per heavy atom. The van der Waals surface area contributed by atoms with Crippen molar-refractivity contribution in [2.75, 3.05) is 0 Å². The summed E-state index contributed by atoms with van der Waals surface area (Å²) in [4.78, 5) is 4.51. The van der Waals surface area contributed by atoms with Gasteiger partial charge in [0.25, 0.3) is 0 Å². The fourth-order valence-corrected chi connectivity index (χ4v) is 2.46. The summed E-state index contributed by atoms with van der Waals surface area (Å²) < 4.78 is 5.77. The van der Waals surface area contributed by atoms with Gasteiger partial charge in [-0.1, -0.05) is 41.9 Å².